The molecule has 4 aromatic rings. The van der Waals surface area contributed by atoms with Crippen LogP contribution in [0.25, 0.3) is 22.4 Å². The first-order valence-electron chi connectivity index (χ1n) is 15.0. The van der Waals surface area contributed by atoms with Crippen LogP contribution in [0.15, 0.2) is 61.1 Å². The molecule has 1 fully saturated rings. The van der Waals surface area contributed by atoms with Gasteiger partial charge in [-0.05, 0) is 69.4 Å². The van der Waals surface area contributed by atoms with E-state index in [1.807, 2.05) is 27.1 Å². The van der Waals surface area contributed by atoms with Crippen LogP contribution >= 0.6 is 0 Å². The molecule has 0 radical (unpaired) electrons. The lowest BCUT2D eigenvalue weighted by Crippen LogP contribution is -2.58. The number of Topliss-reactive ketones (excluding diaryl/α,β-unsaturated/α-hetero) is 2. The number of aromatic nitrogens is 3. The molecule has 2 aromatic heterocycles. The Morgan fingerprint density at radius 1 is 1.00 bits per heavy atom. The summed E-state index contributed by atoms with van der Waals surface area (Å²) in [6, 6.07) is 11.6. The number of nitrogens with zero attached hydrogens (tertiary/aromatic N) is 3. The molecule has 0 unspecified atom stereocenters. The van der Waals surface area contributed by atoms with Gasteiger partial charge in [0.1, 0.15) is 28.8 Å². The van der Waals surface area contributed by atoms with Crippen molar-refractivity contribution in [1.82, 2.24) is 20.1 Å². The van der Waals surface area contributed by atoms with Crippen LogP contribution < -0.4 is 19.5 Å². The summed E-state index contributed by atoms with van der Waals surface area (Å²) in [4.78, 5) is 44.6. The molecule has 0 bridgehead atoms. The SMILES string of the molecule is CCOc1cc(C(=O)[C@@H]2C(=O)c3cc(-c4ccc(C(=O)O)cn4)ccc3OC23CCNCC3)cc(OCC)c1-c1cnn(C)c1. The molecule has 2 aliphatic heterocycles. The standard InChI is InChI=1S/C34H34N4O7/c1-4-43-27-15-22(16-28(44-5-2)29(27)23-18-37-38(3)19-23)31(39)30-32(40)24-14-20(25-8-6-21(17-36-25)33(41)42)7-9-26(24)45-34(30)10-12-35-13-11-34/h6-9,14-19,30,35H,4-5,10-13H2,1-3H3,(H,41,42)/t30-/m1/s1. The molecule has 11 heteroatoms. The van der Waals surface area contributed by atoms with Gasteiger partial charge in [-0.2, -0.15) is 5.10 Å². The number of ketones is 2. The summed E-state index contributed by atoms with van der Waals surface area (Å²) in [7, 11) is 1.82. The number of piperidine rings is 1. The molecule has 6 rings (SSSR count). The molecule has 45 heavy (non-hydrogen) atoms. The Morgan fingerprint density at radius 3 is 2.29 bits per heavy atom. The van der Waals surface area contributed by atoms with E-state index < -0.39 is 17.5 Å². The van der Waals surface area contributed by atoms with Gasteiger partial charge in [-0.3, -0.25) is 19.3 Å². The van der Waals surface area contributed by atoms with E-state index in [-0.39, 0.29) is 22.7 Å². The van der Waals surface area contributed by atoms with Gasteiger partial charge < -0.3 is 24.6 Å². The number of aromatic carboxylic acids is 1. The maximum absolute atomic E-state index is 14.6. The average molecular weight is 611 g/mol. The molecule has 1 spiro atoms. The fourth-order valence-electron chi connectivity index (χ4n) is 6.21. The minimum absolute atomic E-state index is 0.0574. The molecule has 0 aliphatic carbocycles. The maximum atomic E-state index is 14.6. The van der Waals surface area contributed by atoms with E-state index >= 15 is 0 Å². The van der Waals surface area contributed by atoms with Gasteiger partial charge >= 0.3 is 5.97 Å². The van der Waals surface area contributed by atoms with E-state index in [1.54, 1.807) is 47.3 Å². The van der Waals surface area contributed by atoms with Crippen molar-refractivity contribution in [1.29, 1.82) is 0 Å². The highest BCUT2D eigenvalue weighted by Gasteiger charge is 2.54. The molecule has 2 aromatic carbocycles. The molecule has 0 saturated carbocycles. The number of rotatable bonds is 9. The highest BCUT2D eigenvalue weighted by molar-refractivity contribution is 6.19. The smallest absolute Gasteiger partial charge is 0.337 e. The second-order valence-corrected chi connectivity index (χ2v) is 11.1. The van der Waals surface area contributed by atoms with Crippen molar-refractivity contribution in [2.24, 2.45) is 13.0 Å². The Kier molecular flexibility index (Phi) is 8.11. The van der Waals surface area contributed by atoms with Gasteiger partial charge in [0, 0.05) is 49.0 Å². The second-order valence-electron chi connectivity index (χ2n) is 11.1. The lowest BCUT2D eigenvalue weighted by atomic mass is 9.70. The monoisotopic (exact) mass is 610 g/mol. The van der Waals surface area contributed by atoms with Crippen LogP contribution in [0, 0.1) is 5.92 Å². The molecule has 4 heterocycles. The van der Waals surface area contributed by atoms with E-state index in [9.17, 15) is 19.5 Å². The molecule has 1 saturated heterocycles. The number of pyridine rings is 1. The molecular formula is C34H34N4O7. The van der Waals surface area contributed by atoms with Crippen LogP contribution in [-0.2, 0) is 7.05 Å². The molecule has 0 amide bonds. The quantitative estimate of drug-likeness (QED) is 0.200. The van der Waals surface area contributed by atoms with E-state index in [0.29, 0.717) is 78.8 Å². The Balaban J connectivity index is 1.44. The summed E-state index contributed by atoms with van der Waals surface area (Å²) < 4.78 is 20.4. The summed E-state index contributed by atoms with van der Waals surface area (Å²) >= 11 is 0. The van der Waals surface area contributed by atoms with Crippen molar-refractivity contribution in [3.05, 3.63) is 77.7 Å². The van der Waals surface area contributed by atoms with Crippen molar-refractivity contribution >= 4 is 17.5 Å². The Morgan fingerprint density at radius 2 is 1.71 bits per heavy atom. The number of carbonyl (C=O) groups excluding carboxylic acids is 2. The molecule has 1 atom stereocenters. The number of benzene rings is 2. The van der Waals surface area contributed by atoms with Crippen LogP contribution in [0.5, 0.6) is 17.2 Å². The summed E-state index contributed by atoms with van der Waals surface area (Å²) in [6.45, 7) is 5.63. The number of hydrogen-bond acceptors (Lipinski definition) is 9. The summed E-state index contributed by atoms with van der Waals surface area (Å²) in [5.41, 5.74) is 2.16. The number of hydrogen-bond donors (Lipinski definition) is 2. The average Bonchev–Trinajstić information content (AvgIpc) is 3.47. The maximum Gasteiger partial charge on any atom is 0.337 e. The normalized spacial score (nSPS) is 17.0. The fourth-order valence-corrected chi connectivity index (χ4v) is 6.21. The van der Waals surface area contributed by atoms with Gasteiger partial charge in [0.15, 0.2) is 11.6 Å². The Labute approximate surface area is 260 Å². The first kappa shape index (κ1) is 30.0. The van der Waals surface area contributed by atoms with Crippen LogP contribution in [0.1, 0.15) is 57.8 Å². The van der Waals surface area contributed by atoms with Gasteiger partial charge in [0.05, 0.1) is 41.8 Å². The van der Waals surface area contributed by atoms with E-state index in [2.05, 4.69) is 15.4 Å². The number of nitrogens with one attached hydrogen (secondary N) is 1. The van der Waals surface area contributed by atoms with Crippen molar-refractivity contribution < 1.29 is 33.7 Å². The van der Waals surface area contributed by atoms with Crippen molar-refractivity contribution in [2.75, 3.05) is 26.3 Å². The third kappa shape index (κ3) is 5.55. The lowest BCUT2D eigenvalue weighted by Gasteiger charge is -2.45. The van der Waals surface area contributed by atoms with Gasteiger partial charge in [0.2, 0.25) is 0 Å². The predicted octanol–water partition coefficient (Wildman–Crippen LogP) is 4.84. The largest absolute Gasteiger partial charge is 0.493 e. The summed E-state index contributed by atoms with van der Waals surface area (Å²) in [5.74, 6) is -1.57. The first-order valence-corrected chi connectivity index (χ1v) is 15.0. The second kappa shape index (κ2) is 12.2. The Hall–Kier alpha value is -5.03. The number of ether oxygens (including phenoxy) is 3. The molecular weight excluding hydrogens is 576 g/mol. The van der Waals surface area contributed by atoms with E-state index in [0.717, 1.165) is 5.56 Å². The van der Waals surface area contributed by atoms with Crippen LogP contribution in [0.2, 0.25) is 0 Å². The third-order valence-electron chi connectivity index (χ3n) is 8.31. The van der Waals surface area contributed by atoms with Gasteiger partial charge in [-0.15, -0.1) is 0 Å². The zero-order valence-corrected chi connectivity index (χ0v) is 25.3. The number of carboxylic acid groups (broad SMARTS) is 1. The van der Waals surface area contributed by atoms with Crippen LogP contribution in [0.4, 0.5) is 0 Å². The zero-order chi connectivity index (χ0) is 31.7. The first-order chi connectivity index (χ1) is 21.7. The molecule has 232 valence electrons. The Bertz CT molecular complexity index is 1750. The van der Waals surface area contributed by atoms with E-state index in [4.69, 9.17) is 14.2 Å². The topological polar surface area (TPSA) is 142 Å². The highest BCUT2D eigenvalue weighted by atomic mass is 16.5. The van der Waals surface area contributed by atoms with Crippen molar-refractivity contribution in [2.45, 2.75) is 32.3 Å². The minimum atomic E-state index is -1.11. The van der Waals surface area contributed by atoms with Gasteiger partial charge in [0.25, 0.3) is 0 Å². The zero-order valence-electron chi connectivity index (χ0n) is 25.3. The van der Waals surface area contributed by atoms with Gasteiger partial charge in [-0.25, -0.2) is 4.79 Å². The predicted molar refractivity (Wildman–Crippen MR) is 165 cm³/mol. The highest BCUT2D eigenvalue weighted by Crippen LogP contribution is 2.46. The molecule has 11 nitrogen and oxygen atoms in total. The lowest BCUT2D eigenvalue weighted by molar-refractivity contribution is -0.0138. The van der Waals surface area contributed by atoms with Crippen LogP contribution in [0.3, 0.4) is 0 Å². The van der Waals surface area contributed by atoms with Gasteiger partial charge in [-0.1, -0.05) is 0 Å². The molecule has 2 N–H and O–H groups in total. The number of carbonyl (C=O) groups is 3. The van der Waals surface area contributed by atoms with E-state index in [1.165, 1.54) is 12.3 Å². The minimum Gasteiger partial charge on any atom is -0.493 e. The number of carboxylic acids is 1. The van der Waals surface area contributed by atoms with Crippen molar-refractivity contribution in [3.8, 4) is 39.6 Å². The summed E-state index contributed by atoms with van der Waals surface area (Å²) in [5, 5.41) is 16.9. The molecule has 2 aliphatic rings. The number of aryl methyl sites for hydroxylation is 1. The van der Waals surface area contributed by atoms with Crippen LogP contribution in [-0.4, -0.2) is 69.3 Å². The summed E-state index contributed by atoms with van der Waals surface area (Å²) in [6.07, 6.45) is 5.77. The third-order valence-corrected chi connectivity index (χ3v) is 8.31. The fraction of sp³-hybridized carbons (Fsp3) is 0.324. The van der Waals surface area contributed by atoms with Crippen molar-refractivity contribution in [3.63, 3.8) is 0 Å². The number of fused-ring (bicyclic) bond motifs is 1.